The third kappa shape index (κ3) is 19.6. The van der Waals surface area contributed by atoms with E-state index in [0.717, 1.165) is 0 Å². The maximum Gasteiger partial charge on any atom is 0.326 e. The van der Waals surface area contributed by atoms with Gasteiger partial charge in [-0.2, -0.15) is 0 Å². The summed E-state index contributed by atoms with van der Waals surface area (Å²) < 4.78 is 0. The Kier molecular flexibility index (Phi) is 23.1. The van der Waals surface area contributed by atoms with Gasteiger partial charge in [-0.05, 0) is 37.5 Å². The summed E-state index contributed by atoms with van der Waals surface area (Å²) in [5.74, 6) is -12.5. The Hall–Kier alpha value is -7.72. The van der Waals surface area contributed by atoms with Crippen LogP contribution in [0.1, 0.15) is 58.2 Å². The lowest BCUT2D eigenvalue weighted by Crippen LogP contribution is -2.60. The minimum Gasteiger partial charge on any atom is -0.508 e. The number of carbonyl (C=O) groups excluding carboxylic acids is 10. The second kappa shape index (κ2) is 27.8. The number of nitrogens with two attached hydrogens (primary N) is 3. The van der Waals surface area contributed by atoms with E-state index in [4.69, 9.17) is 17.2 Å². The van der Waals surface area contributed by atoms with Crippen molar-refractivity contribution in [1.29, 1.82) is 0 Å². The normalized spacial score (nSPS) is 15.3. The highest BCUT2D eigenvalue weighted by Crippen LogP contribution is 2.13. The van der Waals surface area contributed by atoms with Crippen molar-refractivity contribution >= 4 is 65.0 Å². The van der Waals surface area contributed by atoms with E-state index in [2.05, 4.69) is 47.2 Å². The Bertz CT molecular complexity index is 2140. The van der Waals surface area contributed by atoms with Gasteiger partial charge in [0.2, 0.25) is 59.1 Å². The molecule has 1 aromatic heterocycles. The third-order valence-corrected chi connectivity index (χ3v) is 10.3. The summed E-state index contributed by atoms with van der Waals surface area (Å²) in [6.45, 7) is 4.07. The molecule has 10 amide bonds. The number of aliphatic hydroxyl groups excluding tert-OH is 2. The molecule has 0 saturated heterocycles. The number of aromatic nitrogens is 2. The molecule has 0 aliphatic carbocycles. The van der Waals surface area contributed by atoms with E-state index in [0.29, 0.717) is 12.0 Å². The number of rotatable bonds is 29. The maximum atomic E-state index is 14.1. The number of imidazole rings is 1. The number of phenolic OH excluding ortho intramolecular Hbond substituents is 1. The first kappa shape index (κ1) is 57.4. The number of amides is 10. The molecule has 10 atom stereocenters. The largest absolute Gasteiger partial charge is 0.508 e. The number of carboxylic acid groups (broad SMARTS) is 1. The van der Waals surface area contributed by atoms with E-state index in [9.17, 15) is 73.2 Å². The smallest absolute Gasteiger partial charge is 0.326 e. The second-order valence-electron chi connectivity index (χ2n) is 15.9. The first-order valence-corrected chi connectivity index (χ1v) is 21.4. The van der Waals surface area contributed by atoms with E-state index < -0.39 is 151 Å². The number of primary amides is 2. The van der Waals surface area contributed by atoms with Crippen LogP contribution in [0.2, 0.25) is 0 Å². The quantitative estimate of drug-likeness (QED) is 0.0360. The highest BCUT2D eigenvalue weighted by Gasteiger charge is 2.34. The number of nitrogens with one attached hydrogen (secondary N) is 9. The molecule has 19 N–H and O–H groups in total. The lowest BCUT2D eigenvalue weighted by Gasteiger charge is -2.27. The molecule has 1 aromatic carbocycles. The van der Waals surface area contributed by atoms with Crippen LogP contribution in [0.25, 0.3) is 0 Å². The zero-order valence-electron chi connectivity index (χ0n) is 38.1. The van der Waals surface area contributed by atoms with Crippen LogP contribution in [0.4, 0.5) is 0 Å². The van der Waals surface area contributed by atoms with Crippen LogP contribution >= 0.6 is 0 Å². The molecule has 0 spiro atoms. The number of hydrogen-bond donors (Lipinski definition) is 16. The highest BCUT2D eigenvalue weighted by atomic mass is 16.4. The summed E-state index contributed by atoms with van der Waals surface area (Å²) in [7, 11) is 0. The zero-order valence-corrected chi connectivity index (χ0v) is 38.1. The number of H-pyrrole nitrogens is 1. The molecule has 1 heterocycles. The Morgan fingerprint density at radius 1 is 0.667 bits per heavy atom. The number of aromatic hydroxyl groups is 1. The average molecular weight is 976 g/mol. The van der Waals surface area contributed by atoms with Crippen molar-refractivity contribution in [2.75, 3.05) is 13.2 Å². The van der Waals surface area contributed by atoms with Gasteiger partial charge in [0.05, 0.1) is 44.1 Å². The molecule has 0 aliphatic rings. The molecular formula is C41H61N13O15. The number of carbonyl (C=O) groups is 11. The van der Waals surface area contributed by atoms with Gasteiger partial charge in [0.15, 0.2) is 0 Å². The van der Waals surface area contributed by atoms with Gasteiger partial charge in [-0.1, -0.05) is 32.4 Å². The summed E-state index contributed by atoms with van der Waals surface area (Å²) in [4.78, 5) is 148. The van der Waals surface area contributed by atoms with E-state index in [1.807, 2.05) is 5.32 Å². The van der Waals surface area contributed by atoms with E-state index in [-0.39, 0.29) is 24.3 Å². The first-order valence-electron chi connectivity index (χ1n) is 21.4. The van der Waals surface area contributed by atoms with Crippen LogP contribution in [-0.4, -0.2) is 163 Å². The van der Waals surface area contributed by atoms with E-state index in [1.54, 1.807) is 13.8 Å². The van der Waals surface area contributed by atoms with Crippen LogP contribution < -0.4 is 59.7 Å². The van der Waals surface area contributed by atoms with Gasteiger partial charge >= 0.3 is 5.97 Å². The number of hydrogen-bond acceptors (Lipinski definition) is 16. The summed E-state index contributed by atoms with van der Waals surface area (Å²) in [5.41, 5.74) is 16.6. The van der Waals surface area contributed by atoms with Gasteiger partial charge in [0, 0.05) is 19.0 Å². The molecule has 0 aliphatic heterocycles. The molecule has 0 saturated carbocycles. The monoisotopic (exact) mass is 975 g/mol. The maximum absolute atomic E-state index is 14.1. The molecule has 0 fully saturated rings. The predicted molar refractivity (Wildman–Crippen MR) is 238 cm³/mol. The fourth-order valence-electron chi connectivity index (χ4n) is 6.09. The van der Waals surface area contributed by atoms with Crippen LogP contribution in [0.3, 0.4) is 0 Å². The number of phenols is 1. The summed E-state index contributed by atoms with van der Waals surface area (Å²) >= 11 is 0. The minimum absolute atomic E-state index is 0.117. The third-order valence-electron chi connectivity index (χ3n) is 10.3. The topological polar surface area (TPSA) is 472 Å². The molecule has 69 heavy (non-hydrogen) atoms. The number of aromatic amines is 1. The summed E-state index contributed by atoms with van der Waals surface area (Å²) in [5, 5.41) is 57.2. The predicted octanol–water partition coefficient (Wildman–Crippen LogP) is -6.99. The van der Waals surface area contributed by atoms with Gasteiger partial charge < -0.3 is 85.1 Å². The number of nitrogens with zero attached hydrogens (tertiary/aromatic N) is 1. The van der Waals surface area contributed by atoms with Crippen molar-refractivity contribution in [2.45, 2.75) is 114 Å². The van der Waals surface area contributed by atoms with Crippen molar-refractivity contribution in [3.8, 4) is 5.75 Å². The molecule has 0 radical (unpaired) electrons. The van der Waals surface area contributed by atoms with E-state index >= 15 is 0 Å². The average Bonchev–Trinajstić information content (AvgIpc) is 3.80. The van der Waals surface area contributed by atoms with Gasteiger partial charge in [0.1, 0.15) is 54.1 Å². The van der Waals surface area contributed by atoms with Crippen LogP contribution in [0.5, 0.6) is 5.75 Å². The molecular weight excluding hydrogens is 915 g/mol. The number of aliphatic carboxylic acids is 1. The fraction of sp³-hybridized carbons (Fsp3) is 0.512. The molecule has 2 rings (SSSR count). The van der Waals surface area contributed by atoms with Crippen LogP contribution in [0, 0.1) is 5.92 Å². The molecule has 0 bridgehead atoms. The number of aliphatic hydroxyl groups is 2. The molecule has 2 aromatic rings. The molecule has 380 valence electrons. The SMILES string of the molecule is CC[C@H](C)[C@H](NC(=O)[C@H](CO)NC(=O)[C@@H](N)[C@@H](C)O)C(=O)NCC(=O)N[C@@H](Cc1ccc(O)cc1)C(=O)N[C@@H](Cc1c[nH]cn1)C(=O)N[C@@H](C)C(=O)N[C@@H](CC(N)=O)C(=O)N[C@@H](CC(N)=O)C(=O)O. The summed E-state index contributed by atoms with van der Waals surface area (Å²) in [6, 6.07) is -6.92. The van der Waals surface area contributed by atoms with Crippen LogP contribution in [0.15, 0.2) is 36.8 Å². The van der Waals surface area contributed by atoms with Crippen molar-refractivity contribution in [1.82, 2.24) is 52.5 Å². The second-order valence-corrected chi connectivity index (χ2v) is 15.9. The van der Waals surface area contributed by atoms with E-state index in [1.165, 1.54) is 50.6 Å². The zero-order chi connectivity index (χ0) is 52.1. The Labute approximate surface area is 394 Å². The first-order chi connectivity index (χ1) is 32.4. The Morgan fingerprint density at radius 2 is 1.19 bits per heavy atom. The lowest BCUT2D eigenvalue weighted by atomic mass is 9.98. The molecule has 28 nitrogen and oxygen atoms in total. The van der Waals surface area contributed by atoms with Crippen molar-refractivity contribution in [3.05, 3.63) is 48.0 Å². The fourth-order valence-corrected chi connectivity index (χ4v) is 6.09. The summed E-state index contributed by atoms with van der Waals surface area (Å²) in [6.07, 6.45) is -0.479. The molecule has 0 unspecified atom stereocenters. The van der Waals surface area contributed by atoms with Gasteiger partial charge in [-0.15, -0.1) is 0 Å². The Morgan fingerprint density at radius 3 is 1.72 bits per heavy atom. The number of carboxylic acids is 1. The van der Waals surface area contributed by atoms with Gasteiger partial charge in [-0.25, -0.2) is 9.78 Å². The van der Waals surface area contributed by atoms with Gasteiger partial charge in [-0.3, -0.25) is 47.9 Å². The standard InChI is InChI=1S/C41H61N13O15/c1-5-18(2)33(54-38(65)28(16-55)53-39(66)32(44)20(4)56)40(67)46-15-31(60)49-24(10-21-6-8-23(57)9-7-21)36(63)51-25(11-22-14-45-17-47-22)35(62)48-19(3)34(61)50-26(12-29(42)58)37(64)52-27(41(68)69)13-30(43)59/h6-9,14,17-20,24-28,32-33,55-57H,5,10-13,15-16,44H2,1-4H3,(H2,42,58)(H2,43,59)(H,45,47)(H,46,67)(H,48,62)(H,49,60)(H,50,61)(H,51,63)(H,52,64)(H,53,66)(H,54,65)(H,68,69)/t18-,19-,20+,24-,25-,26-,27-,28-,32-,33-/m0/s1. The minimum atomic E-state index is -1.83. The van der Waals surface area contributed by atoms with Crippen LogP contribution in [-0.2, 0) is 65.6 Å². The lowest BCUT2D eigenvalue weighted by molar-refractivity contribution is -0.144. The van der Waals surface area contributed by atoms with Crippen molar-refractivity contribution in [2.24, 2.45) is 23.1 Å². The number of benzene rings is 1. The highest BCUT2D eigenvalue weighted by molar-refractivity contribution is 5.98. The van der Waals surface area contributed by atoms with Crippen molar-refractivity contribution < 1.29 is 73.2 Å². The van der Waals surface area contributed by atoms with Gasteiger partial charge in [0.25, 0.3) is 0 Å². The van der Waals surface area contributed by atoms with Crippen molar-refractivity contribution in [3.63, 3.8) is 0 Å². The molecule has 28 heteroatoms. The Balaban J connectivity index is 2.31.